The smallest absolute Gasteiger partial charge is 0.141 e. The highest BCUT2D eigenvalue weighted by Gasteiger charge is 2.18. The first-order chi connectivity index (χ1) is 17.5. The van der Waals surface area contributed by atoms with Crippen LogP contribution in [-0.4, -0.2) is 62.3 Å². The van der Waals surface area contributed by atoms with Gasteiger partial charge in [-0.15, -0.1) is 0 Å². The number of halogens is 1. The molecule has 186 valence electrons. The number of hydrogen-bond acceptors (Lipinski definition) is 7. The molecule has 1 N–H and O–H groups in total. The molecule has 1 aliphatic heterocycles. The monoisotopic (exact) mass is 503 g/mol. The van der Waals surface area contributed by atoms with Crippen LogP contribution in [0.1, 0.15) is 5.56 Å². The fraction of sp³-hybridized carbons (Fsp3) is 0.286. The van der Waals surface area contributed by atoms with Gasteiger partial charge < -0.3 is 24.6 Å². The van der Waals surface area contributed by atoms with Gasteiger partial charge in [0.25, 0.3) is 0 Å². The van der Waals surface area contributed by atoms with E-state index in [4.69, 9.17) is 21.1 Å². The highest BCUT2D eigenvalue weighted by molar-refractivity contribution is 6.35. The number of fused-ring (bicyclic) bond motifs is 1. The van der Waals surface area contributed by atoms with Gasteiger partial charge in [-0.1, -0.05) is 23.7 Å². The predicted octanol–water partition coefficient (Wildman–Crippen LogP) is 5.77. The van der Waals surface area contributed by atoms with Gasteiger partial charge in [0.1, 0.15) is 23.1 Å². The fourth-order valence-electron chi connectivity index (χ4n) is 4.61. The molecule has 0 spiro atoms. The van der Waals surface area contributed by atoms with E-state index in [2.05, 4.69) is 56.4 Å². The summed E-state index contributed by atoms with van der Waals surface area (Å²) in [5.74, 6) is 2.82. The Labute approximate surface area is 216 Å². The Hall–Kier alpha value is -3.55. The van der Waals surface area contributed by atoms with Gasteiger partial charge in [-0.3, -0.25) is 0 Å². The van der Waals surface area contributed by atoms with Crippen molar-refractivity contribution in [2.24, 2.45) is 0 Å². The molecule has 5 rings (SSSR count). The van der Waals surface area contributed by atoms with Gasteiger partial charge in [0.05, 0.1) is 31.1 Å². The topological polar surface area (TPSA) is 62.8 Å². The molecule has 0 radical (unpaired) electrons. The number of anilines is 3. The molecule has 1 saturated heterocycles. The Morgan fingerprint density at radius 1 is 0.833 bits per heavy atom. The summed E-state index contributed by atoms with van der Waals surface area (Å²) >= 11 is 6.69. The third-order valence-corrected chi connectivity index (χ3v) is 7.14. The third kappa shape index (κ3) is 4.76. The number of pyridine rings is 2. The van der Waals surface area contributed by atoms with Crippen molar-refractivity contribution in [2.75, 3.05) is 57.7 Å². The summed E-state index contributed by atoms with van der Waals surface area (Å²) < 4.78 is 11.0. The lowest BCUT2D eigenvalue weighted by atomic mass is 9.97. The molecule has 2 aromatic carbocycles. The highest BCUT2D eigenvalue weighted by Crippen LogP contribution is 2.43. The molecule has 3 heterocycles. The Balaban J connectivity index is 1.38. The number of aromatic nitrogens is 2. The second kappa shape index (κ2) is 10.2. The quantitative estimate of drug-likeness (QED) is 0.358. The molecular formula is C28H30ClN5O2. The summed E-state index contributed by atoms with van der Waals surface area (Å²) in [6.07, 6.45) is 3.79. The zero-order valence-electron chi connectivity index (χ0n) is 21.0. The molecule has 0 unspecified atom stereocenters. The van der Waals surface area contributed by atoms with Gasteiger partial charge in [-0.05, 0) is 49.2 Å². The van der Waals surface area contributed by atoms with Crippen molar-refractivity contribution in [2.45, 2.75) is 6.92 Å². The first-order valence-electron chi connectivity index (χ1n) is 11.9. The van der Waals surface area contributed by atoms with Crippen LogP contribution in [0, 0.1) is 6.92 Å². The molecule has 0 amide bonds. The minimum absolute atomic E-state index is 0.562. The summed E-state index contributed by atoms with van der Waals surface area (Å²) in [7, 11) is 5.41. The molecule has 0 aliphatic carbocycles. The number of methoxy groups -OCH3 is 2. The molecule has 0 atom stereocenters. The van der Waals surface area contributed by atoms with Crippen LogP contribution in [0.3, 0.4) is 0 Å². The lowest BCUT2D eigenvalue weighted by Gasteiger charge is -2.33. The maximum absolute atomic E-state index is 6.69. The van der Waals surface area contributed by atoms with Gasteiger partial charge in [0.15, 0.2) is 0 Å². The van der Waals surface area contributed by atoms with Gasteiger partial charge >= 0.3 is 0 Å². The van der Waals surface area contributed by atoms with Crippen molar-refractivity contribution in [3.8, 4) is 22.6 Å². The van der Waals surface area contributed by atoms with Crippen molar-refractivity contribution in [3.05, 3.63) is 65.4 Å². The second-order valence-electron chi connectivity index (χ2n) is 9.04. The Morgan fingerprint density at radius 2 is 1.58 bits per heavy atom. The molecule has 36 heavy (non-hydrogen) atoms. The second-order valence-corrected chi connectivity index (χ2v) is 9.42. The maximum atomic E-state index is 6.69. The van der Waals surface area contributed by atoms with Gasteiger partial charge in [0.2, 0.25) is 0 Å². The van der Waals surface area contributed by atoms with E-state index in [1.165, 1.54) is 0 Å². The molecule has 1 fully saturated rings. The third-order valence-electron chi connectivity index (χ3n) is 6.77. The van der Waals surface area contributed by atoms with Crippen molar-refractivity contribution in [1.82, 2.24) is 14.9 Å². The van der Waals surface area contributed by atoms with E-state index in [1.807, 2.05) is 37.5 Å². The molecule has 8 heteroatoms. The van der Waals surface area contributed by atoms with Crippen LogP contribution in [0.5, 0.6) is 11.5 Å². The van der Waals surface area contributed by atoms with Crippen LogP contribution < -0.4 is 19.7 Å². The van der Waals surface area contributed by atoms with Gasteiger partial charge in [0, 0.05) is 55.0 Å². The molecule has 0 saturated carbocycles. The fourth-order valence-corrected chi connectivity index (χ4v) is 5.00. The summed E-state index contributed by atoms with van der Waals surface area (Å²) in [5, 5.41) is 5.96. The van der Waals surface area contributed by atoms with Crippen LogP contribution >= 0.6 is 11.6 Å². The highest BCUT2D eigenvalue weighted by atomic mass is 35.5. The zero-order chi connectivity index (χ0) is 25.2. The number of hydrogen-bond donors (Lipinski definition) is 1. The number of likely N-dealkylation sites (N-methyl/N-ethyl adjacent to an activating group) is 1. The SMILES string of the molecule is COc1cc(OC)c(Cl)c(-c2ccc3cc(Nc4ccc(N5CCN(C)CC5)cn4)ncc3c2)c1C. The average molecular weight is 504 g/mol. The normalized spacial score (nSPS) is 14.2. The van der Waals surface area contributed by atoms with Crippen molar-refractivity contribution in [1.29, 1.82) is 0 Å². The van der Waals surface area contributed by atoms with E-state index in [0.717, 1.165) is 76.7 Å². The van der Waals surface area contributed by atoms with Crippen molar-refractivity contribution in [3.63, 3.8) is 0 Å². The molecule has 4 aromatic rings. The van der Waals surface area contributed by atoms with E-state index in [9.17, 15) is 0 Å². The summed E-state index contributed by atoms with van der Waals surface area (Å²) in [4.78, 5) is 13.9. The lowest BCUT2D eigenvalue weighted by Crippen LogP contribution is -2.44. The van der Waals surface area contributed by atoms with Crippen molar-refractivity contribution >= 4 is 39.7 Å². The Bertz CT molecular complexity index is 1360. The van der Waals surface area contributed by atoms with Crippen molar-refractivity contribution < 1.29 is 9.47 Å². The molecular weight excluding hydrogens is 474 g/mol. The van der Waals surface area contributed by atoms with E-state index < -0.39 is 0 Å². The standard InChI is InChI=1S/C28H30ClN5O2/c1-18-23(35-3)15-24(36-4)28(29)27(18)20-6-5-19-14-26(30-16-21(19)13-20)32-25-8-7-22(17-31-25)34-11-9-33(2)10-12-34/h5-8,13-17H,9-12H2,1-4H3,(H,30,31,32). The number of piperazine rings is 1. The first kappa shape index (κ1) is 24.2. The first-order valence-corrected chi connectivity index (χ1v) is 12.3. The van der Waals surface area contributed by atoms with Crippen LogP contribution in [0.25, 0.3) is 21.9 Å². The van der Waals surface area contributed by atoms with Gasteiger partial charge in [-0.2, -0.15) is 0 Å². The van der Waals surface area contributed by atoms with Gasteiger partial charge in [-0.25, -0.2) is 9.97 Å². The number of rotatable bonds is 6. The van der Waals surface area contributed by atoms with E-state index in [-0.39, 0.29) is 0 Å². The molecule has 7 nitrogen and oxygen atoms in total. The lowest BCUT2D eigenvalue weighted by molar-refractivity contribution is 0.313. The van der Waals surface area contributed by atoms with E-state index in [0.29, 0.717) is 10.8 Å². The largest absolute Gasteiger partial charge is 0.496 e. The van der Waals surface area contributed by atoms with Crippen LogP contribution in [0.2, 0.25) is 5.02 Å². The summed E-state index contributed by atoms with van der Waals surface area (Å²) in [6, 6.07) is 14.2. The minimum Gasteiger partial charge on any atom is -0.496 e. The number of benzene rings is 2. The van der Waals surface area contributed by atoms with E-state index >= 15 is 0 Å². The van der Waals surface area contributed by atoms with Crippen LogP contribution in [0.15, 0.2) is 54.9 Å². The van der Waals surface area contributed by atoms with E-state index in [1.54, 1.807) is 14.2 Å². The van der Waals surface area contributed by atoms with Crippen LogP contribution in [0.4, 0.5) is 17.3 Å². The maximum Gasteiger partial charge on any atom is 0.141 e. The summed E-state index contributed by atoms with van der Waals surface area (Å²) in [6.45, 7) is 6.18. The predicted molar refractivity (Wildman–Crippen MR) is 147 cm³/mol. The molecule has 2 aromatic heterocycles. The van der Waals surface area contributed by atoms with Crippen LogP contribution in [-0.2, 0) is 0 Å². The Morgan fingerprint density at radius 3 is 2.28 bits per heavy atom. The number of ether oxygens (including phenoxy) is 2. The molecule has 0 bridgehead atoms. The number of nitrogens with one attached hydrogen (secondary N) is 1. The summed E-state index contributed by atoms with van der Waals surface area (Å²) in [5.41, 5.74) is 3.98. The average Bonchev–Trinajstić information content (AvgIpc) is 2.90. The minimum atomic E-state index is 0.562. The Kier molecular flexibility index (Phi) is 6.85. The zero-order valence-corrected chi connectivity index (χ0v) is 21.8. The number of nitrogens with zero attached hydrogens (tertiary/aromatic N) is 4. The molecule has 1 aliphatic rings.